The first-order chi connectivity index (χ1) is 6.45. The number of alkyl halides is 3. The third-order valence-electron chi connectivity index (χ3n) is 1.44. The summed E-state index contributed by atoms with van der Waals surface area (Å²) in [6.07, 6.45) is -5.37. The Kier molecular flexibility index (Phi) is 6.48. The number of ketones is 1. The monoisotopic (exact) mass is 213 g/mol. The summed E-state index contributed by atoms with van der Waals surface area (Å²) >= 11 is 0. The van der Waals surface area contributed by atoms with E-state index in [2.05, 4.69) is 0 Å². The van der Waals surface area contributed by atoms with E-state index in [0.717, 1.165) is 0 Å². The van der Waals surface area contributed by atoms with E-state index in [9.17, 15) is 18.0 Å². The topological polar surface area (TPSA) is 52.3 Å². The molecular formula is C8H14F3NO2. The lowest BCUT2D eigenvalue weighted by Gasteiger charge is -2.05. The maximum absolute atomic E-state index is 11.7. The van der Waals surface area contributed by atoms with Crippen molar-refractivity contribution in [3.63, 3.8) is 0 Å². The zero-order valence-electron chi connectivity index (χ0n) is 7.77. The van der Waals surface area contributed by atoms with Crippen LogP contribution in [0.1, 0.15) is 19.3 Å². The molecule has 0 amide bonds. The zero-order valence-corrected chi connectivity index (χ0v) is 7.77. The molecule has 0 saturated carbocycles. The van der Waals surface area contributed by atoms with Crippen molar-refractivity contribution in [3.8, 4) is 0 Å². The van der Waals surface area contributed by atoms with Gasteiger partial charge in [-0.3, -0.25) is 4.79 Å². The summed E-state index contributed by atoms with van der Waals surface area (Å²) in [5, 5.41) is 0. The molecule has 0 heterocycles. The van der Waals surface area contributed by atoms with Gasteiger partial charge < -0.3 is 10.5 Å². The van der Waals surface area contributed by atoms with E-state index in [1.807, 2.05) is 0 Å². The summed E-state index contributed by atoms with van der Waals surface area (Å²) in [5.74, 6) is -0.317. The number of rotatable bonds is 7. The molecule has 0 bridgehead atoms. The highest BCUT2D eigenvalue weighted by Gasteiger charge is 2.26. The standard InChI is InChI=1S/C8H14F3NO2/c9-8(10,11)3-1-2-7(13)6-14-5-4-12/h1-6,12H2. The second-order valence-electron chi connectivity index (χ2n) is 2.85. The van der Waals surface area contributed by atoms with E-state index in [-0.39, 0.29) is 31.8 Å². The van der Waals surface area contributed by atoms with E-state index in [1.165, 1.54) is 0 Å². The Balaban J connectivity index is 3.36. The maximum Gasteiger partial charge on any atom is 0.389 e. The summed E-state index contributed by atoms with van der Waals surface area (Å²) in [6, 6.07) is 0. The third kappa shape index (κ3) is 9.47. The third-order valence-corrected chi connectivity index (χ3v) is 1.44. The fraction of sp³-hybridized carbons (Fsp3) is 0.875. The van der Waals surface area contributed by atoms with Crippen LogP contribution in [0.15, 0.2) is 0 Å². The van der Waals surface area contributed by atoms with Crippen molar-refractivity contribution < 1.29 is 22.7 Å². The fourth-order valence-electron chi connectivity index (χ4n) is 0.828. The minimum atomic E-state index is -4.18. The highest BCUT2D eigenvalue weighted by atomic mass is 19.4. The number of hydrogen-bond donors (Lipinski definition) is 1. The molecule has 0 spiro atoms. The molecule has 0 aliphatic heterocycles. The molecule has 14 heavy (non-hydrogen) atoms. The van der Waals surface area contributed by atoms with Crippen molar-refractivity contribution in [3.05, 3.63) is 0 Å². The van der Waals surface area contributed by atoms with Gasteiger partial charge in [0.05, 0.1) is 6.61 Å². The number of ether oxygens (including phenoxy) is 1. The van der Waals surface area contributed by atoms with E-state index in [0.29, 0.717) is 6.54 Å². The minimum Gasteiger partial charge on any atom is -0.372 e. The highest BCUT2D eigenvalue weighted by Crippen LogP contribution is 2.22. The Hall–Kier alpha value is -0.620. The van der Waals surface area contributed by atoms with Crippen LogP contribution in [0.2, 0.25) is 0 Å². The quantitative estimate of drug-likeness (QED) is 0.648. The average Bonchev–Trinajstić information content (AvgIpc) is 2.02. The molecule has 0 radical (unpaired) electrons. The van der Waals surface area contributed by atoms with Crippen LogP contribution in [-0.2, 0) is 9.53 Å². The Labute approximate surface area is 80.4 Å². The van der Waals surface area contributed by atoms with Crippen LogP contribution in [0, 0.1) is 0 Å². The molecule has 0 unspecified atom stereocenters. The SMILES string of the molecule is NCCOCC(=O)CCCC(F)(F)F. The Morgan fingerprint density at radius 2 is 2.00 bits per heavy atom. The van der Waals surface area contributed by atoms with Crippen LogP contribution in [0.25, 0.3) is 0 Å². The molecular weight excluding hydrogens is 199 g/mol. The molecule has 0 aliphatic carbocycles. The molecule has 0 rings (SSSR count). The Morgan fingerprint density at radius 3 is 2.50 bits per heavy atom. The van der Waals surface area contributed by atoms with Crippen LogP contribution in [-0.4, -0.2) is 31.7 Å². The Bertz CT molecular complexity index is 170. The van der Waals surface area contributed by atoms with Crippen LogP contribution >= 0.6 is 0 Å². The summed E-state index contributed by atoms with van der Waals surface area (Å²) in [4.78, 5) is 10.9. The second-order valence-corrected chi connectivity index (χ2v) is 2.85. The lowest BCUT2D eigenvalue weighted by atomic mass is 10.2. The van der Waals surface area contributed by atoms with Gasteiger partial charge >= 0.3 is 6.18 Å². The van der Waals surface area contributed by atoms with Crippen molar-refractivity contribution in [2.45, 2.75) is 25.4 Å². The molecule has 0 aliphatic rings. The molecule has 2 N–H and O–H groups in total. The van der Waals surface area contributed by atoms with Gasteiger partial charge in [0.25, 0.3) is 0 Å². The zero-order chi connectivity index (χ0) is 11.0. The van der Waals surface area contributed by atoms with Crippen molar-refractivity contribution in [1.82, 2.24) is 0 Å². The van der Waals surface area contributed by atoms with Crippen molar-refractivity contribution >= 4 is 5.78 Å². The number of hydrogen-bond acceptors (Lipinski definition) is 3. The first-order valence-electron chi connectivity index (χ1n) is 4.32. The molecule has 0 atom stereocenters. The van der Waals surface area contributed by atoms with Crippen LogP contribution < -0.4 is 5.73 Å². The van der Waals surface area contributed by atoms with Gasteiger partial charge in [0, 0.05) is 19.4 Å². The van der Waals surface area contributed by atoms with Gasteiger partial charge in [-0.1, -0.05) is 0 Å². The van der Waals surface area contributed by atoms with Crippen molar-refractivity contribution in [2.24, 2.45) is 5.73 Å². The number of carbonyl (C=O) groups excluding carboxylic acids is 1. The number of carbonyl (C=O) groups is 1. The molecule has 0 aromatic heterocycles. The van der Waals surface area contributed by atoms with Crippen molar-refractivity contribution in [2.75, 3.05) is 19.8 Å². The van der Waals surface area contributed by atoms with Gasteiger partial charge in [0.1, 0.15) is 6.61 Å². The van der Waals surface area contributed by atoms with E-state index < -0.39 is 12.6 Å². The molecule has 6 heteroatoms. The smallest absolute Gasteiger partial charge is 0.372 e. The predicted octanol–water partition coefficient (Wildman–Crippen LogP) is 1.26. The maximum atomic E-state index is 11.7. The van der Waals surface area contributed by atoms with E-state index >= 15 is 0 Å². The van der Waals surface area contributed by atoms with E-state index in [1.54, 1.807) is 0 Å². The minimum absolute atomic E-state index is 0.0932. The lowest BCUT2D eigenvalue weighted by Crippen LogP contribution is -2.15. The van der Waals surface area contributed by atoms with Gasteiger partial charge in [-0.15, -0.1) is 0 Å². The predicted molar refractivity (Wildman–Crippen MR) is 44.8 cm³/mol. The lowest BCUT2D eigenvalue weighted by molar-refractivity contribution is -0.137. The largest absolute Gasteiger partial charge is 0.389 e. The Morgan fingerprint density at radius 1 is 1.36 bits per heavy atom. The second kappa shape index (κ2) is 6.78. The normalized spacial score (nSPS) is 11.7. The summed E-state index contributed by atoms with van der Waals surface area (Å²) in [7, 11) is 0. The molecule has 84 valence electrons. The van der Waals surface area contributed by atoms with Crippen molar-refractivity contribution in [1.29, 1.82) is 0 Å². The molecule has 0 fully saturated rings. The van der Waals surface area contributed by atoms with Gasteiger partial charge in [-0.2, -0.15) is 13.2 Å². The summed E-state index contributed by atoms with van der Waals surface area (Å²) < 4.78 is 39.7. The van der Waals surface area contributed by atoms with Gasteiger partial charge in [-0.25, -0.2) is 0 Å². The number of Topliss-reactive ketones (excluding diaryl/α,β-unsaturated/α-hetero) is 1. The molecule has 3 nitrogen and oxygen atoms in total. The average molecular weight is 213 g/mol. The van der Waals surface area contributed by atoms with Gasteiger partial charge in [-0.05, 0) is 6.42 Å². The number of halogens is 3. The highest BCUT2D eigenvalue weighted by molar-refractivity contribution is 5.79. The summed E-state index contributed by atoms with van der Waals surface area (Å²) in [5.41, 5.74) is 5.09. The molecule has 0 aromatic carbocycles. The fourth-order valence-corrected chi connectivity index (χ4v) is 0.828. The first-order valence-corrected chi connectivity index (χ1v) is 4.32. The molecule has 0 saturated heterocycles. The van der Waals surface area contributed by atoms with Gasteiger partial charge in [0.15, 0.2) is 5.78 Å². The number of nitrogens with two attached hydrogens (primary N) is 1. The van der Waals surface area contributed by atoms with Crippen LogP contribution in [0.3, 0.4) is 0 Å². The molecule has 0 aromatic rings. The van der Waals surface area contributed by atoms with Crippen LogP contribution in [0.5, 0.6) is 0 Å². The van der Waals surface area contributed by atoms with Crippen LogP contribution in [0.4, 0.5) is 13.2 Å². The van der Waals surface area contributed by atoms with E-state index in [4.69, 9.17) is 10.5 Å². The van der Waals surface area contributed by atoms with Gasteiger partial charge in [0.2, 0.25) is 0 Å². The first kappa shape index (κ1) is 13.4. The summed E-state index contributed by atoms with van der Waals surface area (Å²) in [6.45, 7) is 0.413.